The Labute approximate surface area is 186 Å². The molecular weight excluding hydrogens is 416 g/mol. The zero-order valence-electron chi connectivity index (χ0n) is 17.5. The van der Waals surface area contributed by atoms with E-state index in [4.69, 9.17) is 21.1 Å². The number of methoxy groups -OCH3 is 1. The van der Waals surface area contributed by atoms with Gasteiger partial charge in [0.1, 0.15) is 6.61 Å². The molecule has 0 atom stereocenters. The number of rotatable bonds is 7. The minimum absolute atomic E-state index is 0.141. The molecule has 0 fully saturated rings. The third-order valence-corrected chi connectivity index (χ3v) is 4.91. The first-order valence-corrected chi connectivity index (χ1v) is 9.94. The SMILES string of the molecule is COc1cc(C(=O)Nc2cccc(C(=O)N(C)C)c2)ccc1OCc1ccccc1Cl. The summed E-state index contributed by atoms with van der Waals surface area (Å²) >= 11 is 6.17. The van der Waals surface area contributed by atoms with Crippen LogP contribution in [0.3, 0.4) is 0 Å². The normalized spacial score (nSPS) is 10.3. The van der Waals surface area contributed by atoms with Crippen molar-refractivity contribution in [2.45, 2.75) is 6.61 Å². The molecule has 0 unspecified atom stereocenters. The summed E-state index contributed by atoms with van der Waals surface area (Å²) in [5, 5.41) is 3.42. The molecule has 0 aliphatic rings. The van der Waals surface area contributed by atoms with Crippen LogP contribution >= 0.6 is 11.6 Å². The van der Waals surface area contributed by atoms with Gasteiger partial charge in [-0.15, -0.1) is 0 Å². The number of nitrogens with zero attached hydrogens (tertiary/aromatic N) is 1. The van der Waals surface area contributed by atoms with Crippen molar-refractivity contribution in [1.82, 2.24) is 4.90 Å². The predicted octanol–water partition coefficient (Wildman–Crippen LogP) is 4.88. The number of anilines is 1. The molecule has 0 saturated heterocycles. The average molecular weight is 439 g/mol. The average Bonchev–Trinajstić information content (AvgIpc) is 2.78. The van der Waals surface area contributed by atoms with Crippen LogP contribution in [0.1, 0.15) is 26.3 Å². The molecule has 31 heavy (non-hydrogen) atoms. The first-order chi connectivity index (χ1) is 14.9. The summed E-state index contributed by atoms with van der Waals surface area (Å²) in [4.78, 5) is 26.3. The van der Waals surface area contributed by atoms with E-state index in [9.17, 15) is 9.59 Å². The first kappa shape index (κ1) is 22.2. The Balaban J connectivity index is 1.73. The third kappa shape index (κ3) is 5.55. The smallest absolute Gasteiger partial charge is 0.255 e. The van der Waals surface area contributed by atoms with E-state index in [0.29, 0.717) is 33.3 Å². The number of benzene rings is 3. The third-order valence-electron chi connectivity index (χ3n) is 4.54. The molecule has 6 nitrogen and oxygen atoms in total. The van der Waals surface area contributed by atoms with Gasteiger partial charge in [-0.3, -0.25) is 9.59 Å². The highest BCUT2D eigenvalue weighted by Gasteiger charge is 2.14. The summed E-state index contributed by atoms with van der Waals surface area (Å²) in [5.41, 5.74) is 2.26. The van der Waals surface area contributed by atoms with Crippen LogP contribution in [-0.4, -0.2) is 37.9 Å². The van der Waals surface area contributed by atoms with Crippen LogP contribution in [-0.2, 0) is 6.61 Å². The summed E-state index contributed by atoms with van der Waals surface area (Å²) in [5.74, 6) is 0.456. The second kappa shape index (κ2) is 10.00. The number of hydrogen-bond acceptors (Lipinski definition) is 4. The molecule has 0 aliphatic heterocycles. The van der Waals surface area contributed by atoms with Gasteiger partial charge in [0.25, 0.3) is 11.8 Å². The number of amides is 2. The Morgan fingerprint density at radius 1 is 0.935 bits per heavy atom. The summed E-state index contributed by atoms with van der Waals surface area (Å²) < 4.78 is 11.2. The van der Waals surface area contributed by atoms with Gasteiger partial charge in [-0.1, -0.05) is 35.9 Å². The van der Waals surface area contributed by atoms with E-state index in [1.165, 1.54) is 12.0 Å². The Morgan fingerprint density at radius 3 is 2.42 bits per heavy atom. The number of carbonyl (C=O) groups is 2. The lowest BCUT2D eigenvalue weighted by Crippen LogP contribution is -2.22. The van der Waals surface area contributed by atoms with Crippen LogP contribution < -0.4 is 14.8 Å². The van der Waals surface area contributed by atoms with Crippen molar-refractivity contribution in [3.05, 3.63) is 88.4 Å². The molecule has 0 saturated carbocycles. The Morgan fingerprint density at radius 2 is 1.71 bits per heavy atom. The highest BCUT2D eigenvalue weighted by Crippen LogP contribution is 2.30. The van der Waals surface area contributed by atoms with Gasteiger partial charge in [0, 0.05) is 41.5 Å². The zero-order chi connectivity index (χ0) is 22.4. The van der Waals surface area contributed by atoms with Gasteiger partial charge in [0.15, 0.2) is 11.5 Å². The molecule has 3 aromatic rings. The maximum Gasteiger partial charge on any atom is 0.255 e. The second-order valence-corrected chi connectivity index (χ2v) is 7.39. The van der Waals surface area contributed by atoms with Crippen LogP contribution in [0.25, 0.3) is 0 Å². The molecule has 0 bridgehead atoms. The van der Waals surface area contributed by atoms with Crippen molar-refractivity contribution in [2.75, 3.05) is 26.5 Å². The lowest BCUT2D eigenvalue weighted by molar-refractivity contribution is 0.0827. The monoisotopic (exact) mass is 438 g/mol. The molecule has 2 amide bonds. The Bertz CT molecular complexity index is 1100. The highest BCUT2D eigenvalue weighted by atomic mass is 35.5. The quantitative estimate of drug-likeness (QED) is 0.570. The maximum atomic E-state index is 12.7. The number of hydrogen-bond donors (Lipinski definition) is 1. The van der Waals surface area contributed by atoms with Crippen LogP contribution in [0.4, 0.5) is 5.69 Å². The van der Waals surface area contributed by atoms with Gasteiger partial charge in [-0.2, -0.15) is 0 Å². The van der Waals surface area contributed by atoms with Crippen LogP contribution in [0.2, 0.25) is 5.02 Å². The summed E-state index contributed by atoms with van der Waals surface area (Å²) in [7, 11) is 4.86. The predicted molar refractivity (Wildman–Crippen MR) is 121 cm³/mol. The number of nitrogens with one attached hydrogen (secondary N) is 1. The molecule has 0 spiro atoms. The van der Waals surface area contributed by atoms with Crippen LogP contribution in [0.15, 0.2) is 66.7 Å². The summed E-state index contributed by atoms with van der Waals surface area (Å²) in [6.07, 6.45) is 0. The van der Waals surface area contributed by atoms with Gasteiger partial charge in [-0.25, -0.2) is 0 Å². The van der Waals surface area contributed by atoms with Crippen LogP contribution in [0.5, 0.6) is 11.5 Å². The van der Waals surface area contributed by atoms with E-state index in [1.807, 2.05) is 18.2 Å². The minimum Gasteiger partial charge on any atom is -0.493 e. The minimum atomic E-state index is -0.328. The van der Waals surface area contributed by atoms with Crippen molar-refractivity contribution in [1.29, 1.82) is 0 Å². The highest BCUT2D eigenvalue weighted by molar-refractivity contribution is 6.31. The standard InChI is InChI=1S/C24H23ClN2O4/c1-27(2)24(29)17-8-6-9-19(13-17)26-23(28)16-11-12-21(22(14-16)30-3)31-15-18-7-4-5-10-20(18)25/h4-14H,15H2,1-3H3,(H,26,28). The molecule has 0 radical (unpaired) electrons. The van der Waals surface area contributed by atoms with E-state index in [1.54, 1.807) is 62.6 Å². The molecule has 160 valence electrons. The number of carbonyl (C=O) groups excluding carboxylic acids is 2. The molecule has 0 aliphatic carbocycles. The molecule has 7 heteroatoms. The van der Waals surface area contributed by atoms with Gasteiger partial charge in [0.2, 0.25) is 0 Å². The van der Waals surface area contributed by atoms with Crippen molar-refractivity contribution in [3.8, 4) is 11.5 Å². The first-order valence-electron chi connectivity index (χ1n) is 9.56. The van der Waals surface area contributed by atoms with Crippen molar-refractivity contribution < 1.29 is 19.1 Å². The largest absolute Gasteiger partial charge is 0.493 e. The molecule has 0 heterocycles. The van der Waals surface area contributed by atoms with Gasteiger partial charge in [-0.05, 0) is 42.5 Å². The second-order valence-electron chi connectivity index (χ2n) is 6.98. The molecule has 3 aromatic carbocycles. The Hall–Kier alpha value is -3.51. The molecule has 3 rings (SSSR count). The topological polar surface area (TPSA) is 67.9 Å². The fraction of sp³-hybridized carbons (Fsp3) is 0.167. The van der Waals surface area contributed by atoms with E-state index in [0.717, 1.165) is 5.56 Å². The lowest BCUT2D eigenvalue weighted by Gasteiger charge is -2.14. The molecule has 1 N–H and O–H groups in total. The van der Waals surface area contributed by atoms with E-state index < -0.39 is 0 Å². The number of ether oxygens (including phenoxy) is 2. The molecule has 0 aromatic heterocycles. The van der Waals surface area contributed by atoms with Gasteiger partial charge < -0.3 is 19.7 Å². The summed E-state index contributed by atoms with van der Waals surface area (Å²) in [6.45, 7) is 0.272. The van der Waals surface area contributed by atoms with Crippen molar-refractivity contribution in [2.24, 2.45) is 0 Å². The fourth-order valence-electron chi connectivity index (χ4n) is 2.89. The Kier molecular flexibility index (Phi) is 7.15. The lowest BCUT2D eigenvalue weighted by atomic mass is 10.1. The van der Waals surface area contributed by atoms with Gasteiger partial charge in [0.05, 0.1) is 7.11 Å². The van der Waals surface area contributed by atoms with Crippen LogP contribution in [0, 0.1) is 0 Å². The molecular formula is C24H23ClN2O4. The van der Waals surface area contributed by atoms with E-state index >= 15 is 0 Å². The van der Waals surface area contributed by atoms with Crippen molar-refractivity contribution in [3.63, 3.8) is 0 Å². The van der Waals surface area contributed by atoms with Gasteiger partial charge >= 0.3 is 0 Å². The van der Waals surface area contributed by atoms with Crippen molar-refractivity contribution >= 4 is 29.1 Å². The maximum absolute atomic E-state index is 12.7. The summed E-state index contributed by atoms with van der Waals surface area (Å²) in [6, 6.07) is 19.1. The van der Waals surface area contributed by atoms with E-state index in [2.05, 4.69) is 5.32 Å². The van der Waals surface area contributed by atoms with E-state index in [-0.39, 0.29) is 18.4 Å². The zero-order valence-corrected chi connectivity index (χ0v) is 18.3. The fourth-order valence-corrected chi connectivity index (χ4v) is 3.08. The number of halogens is 1.